The van der Waals surface area contributed by atoms with Crippen molar-refractivity contribution < 1.29 is 14.6 Å². The number of carbonyl (C=O) groups is 1. The number of amides is 1. The molecule has 7 heteroatoms. The molecule has 0 spiro atoms. The van der Waals surface area contributed by atoms with Gasteiger partial charge in [-0.2, -0.15) is 0 Å². The second kappa shape index (κ2) is 6.70. The third kappa shape index (κ3) is 3.55. The van der Waals surface area contributed by atoms with E-state index in [1.54, 1.807) is 17.0 Å². The van der Waals surface area contributed by atoms with Crippen molar-refractivity contribution in [1.82, 2.24) is 14.9 Å². The highest BCUT2D eigenvalue weighted by atomic mass is 35.5. The van der Waals surface area contributed by atoms with E-state index in [1.807, 2.05) is 12.1 Å². The molecular formula is C16H18ClN3O3. The van der Waals surface area contributed by atoms with Crippen LogP contribution in [0.1, 0.15) is 16.1 Å². The summed E-state index contributed by atoms with van der Waals surface area (Å²) in [6.45, 7) is 1.03. The average molecular weight is 336 g/mol. The number of aromatic amines is 1. The Morgan fingerprint density at radius 2 is 2.22 bits per heavy atom. The summed E-state index contributed by atoms with van der Waals surface area (Å²) in [5.41, 5.74) is 0.631. The van der Waals surface area contributed by atoms with Crippen molar-refractivity contribution in [3.05, 3.63) is 53.1 Å². The molecule has 1 atom stereocenters. The highest BCUT2D eigenvalue weighted by molar-refractivity contribution is 6.30. The van der Waals surface area contributed by atoms with Crippen LogP contribution < -0.4 is 0 Å². The average Bonchev–Trinajstić information content (AvgIpc) is 3.11. The fourth-order valence-electron chi connectivity index (χ4n) is 2.79. The molecule has 1 aromatic heterocycles. The number of halogens is 1. The van der Waals surface area contributed by atoms with Crippen molar-refractivity contribution in [2.75, 3.05) is 26.3 Å². The van der Waals surface area contributed by atoms with Gasteiger partial charge in [0, 0.05) is 18.0 Å². The molecule has 1 saturated heterocycles. The third-order valence-electron chi connectivity index (χ3n) is 3.99. The highest BCUT2D eigenvalue weighted by Crippen LogP contribution is 2.24. The molecule has 2 aromatic rings. The summed E-state index contributed by atoms with van der Waals surface area (Å²) in [6.07, 6.45) is 3.48. The Hall–Kier alpha value is -1.89. The Kier molecular flexibility index (Phi) is 4.66. The van der Waals surface area contributed by atoms with Crippen molar-refractivity contribution >= 4 is 17.5 Å². The van der Waals surface area contributed by atoms with E-state index in [0.717, 1.165) is 5.56 Å². The van der Waals surface area contributed by atoms with E-state index < -0.39 is 5.60 Å². The number of carbonyl (C=O) groups excluding carboxylic acids is 1. The van der Waals surface area contributed by atoms with Crippen molar-refractivity contribution in [1.29, 1.82) is 0 Å². The van der Waals surface area contributed by atoms with Gasteiger partial charge in [-0.25, -0.2) is 4.98 Å². The quantitative estimate of drug-likeness (QED) is 0.887. The molecular weight excluding hydrogens is 318 g/mol. The maximum Gasteiger partial charge on any atom is 0.272 e. The number of H-pyrrole nitrogens is 1. The van der Waals surface area contributed by atoms with Crippen LogP contribution in [0, 0.1) is 0 Å². The van der Waals surface area contributed by atoms with Gasteiger partial charge in [0.1, 0.15) is 11.3 Å². The number of aliphatic hydroxyl groups excluding tert-OH is 1. The lowest BCUT2D eigenvalue weighted by Gasteiger charge is -2.41. The van der Waals surface area contributed by atoms with Crippen LogP contribution in [-0.4, -0.2) is 57.8 Å². The molecule has 1 fully saturated rings. The van der Waals surface area contributed by atoms with Crippen LogP contribution in [0.2, 0.25) is 5.02 Å². The summed E-state index contributed by atoms with van der Waals surface area (Å²) in [7, 11) is 0. The number of imidazole rings is 1. The van der Waals surface area contributed by atoms with E-state index >= 15 is 0 Å². The van der Waals surface area contributed by atoms with E-state index in [4.69, 9.17) is 16.3 Å². The molecule has 0 bridgehead atoms. The lowest BCUT2D eigenvalue weighted by molar-refractivity contribution is -0.123. The maximum atomic E-state index is 12.5. The zero-order valence-corrected chi connectivity index (χ0v) is 13.3. The van der Waals surface area contributed by atoms with Gasteiger partial charge in [0.15, 0.2) is 0 Å². The minimum Gasteiger partial charge on any atom is -0.393 e. The van der Waals surface area contributed by atoms with Crippen molar-refractivity contribution in [2.24, 2.45) is 0 Å². The minimum absolute atomic E-state index is 0.139. The zero-order chi connectivity index (χ0) is 16.3. The number of nitrogens with one attached hydrogen (secondary N) is 1. The van der Waals surface area contributed by atoms with E-state index in [-0.39, 0.29) is 12.5 Å². The molecule has 6 nitrogen and oxygen atoms in total. The third-order valence-corrected chi connectivity index (χ3v) is 4.24. The fraction of sp³-hybridized carbons (Fsp3) is 0.375. The molecule has 3 rings (SSSR count). The molecule has 0 unspecified atom stereocenters. The molecule has 122 valence electrons. The zero-order valence-electron chi connectivity index (χ0n) is 12.5. The number of aliphatic hydroxyl groups is 1. The SMILES string of the molecule is O=C(c1cnc[nH]1)N1CCO[C@@](CO)(Cc2ccc(Cl)cc2)C1. The van der Waals surface area contributed by atoms with Gasteiger partial charge < -0.3 is 19.7 Å². The summed E-state index contributed by atoms with van der Waals surface area (Å²) in [6, 6.07) is 7.41. The van der Waals surface area contributed by atoms with Crippen LogP contribution in [0.5, 0.6) is 0 Å². The highest BCUT2D eigenvalue weighted by Gasteiger charge is 2.38. The first-order chi connectivity index (χ1) is 11.1. The number of hydrogen-bond acceptors (Lipinski definition) is 4. The van der Waals surface area contributed by atoms with Crippen molar-refractivity contribution in [2.45, 2.75) is 12.0 Å². The van der Waals surface area contributed by atoms with Gasteiger partial charge >= 0.3 is 0 Å². The van der Waals surface area contributed by atoms with Crippen LogP contribution in [-0.2, 0) is 11.2 Å². The fourth-order valence-corrected chi connectivity index (χ4v) is 2.92. The molecule has 1 amide bonds. The Labute approximate surface area is 139 Å². The van der Waals surface area contributed by atoms with Crippen molar-refractivity contribution in [3.63, 3.8) is 0 Å². The van der Waals surface area contributed by atoms with Gasteiger partial charge in [0.2, 0.25) is 0 Å². The van der Waals surface area contributed by atoms with E-state index in [1.165, 1.54) is 12.5 Å². The van der Waals surface area contributed by atoms with Gasteiger partial charge in [-0.1, -0.05) is 23.7 Å². The summed E-state index contributed by atoms with van der Waals surface area (Å²) >= 11 is 5.90. The monoisotopic (exact) mass is 335 g/mol. The normalized spacial score (nSPS) is 21.4. The van der Waals surface area contributed by atoms with Gasteiger partial charge in [-0.05, 0) is 17.7 Å². The van der Waals surface area contributed by atoms with Crippen LogP contribution >= 0.6 is 11.6 Å². The molecule has 1 aliphatic rings. The van der Waals surface area contributed by atoms with Crippen LogP contribution in [0.15, 0.2) is 36.8 Å². The Bertz CT molecular complexity index is 660. The Morgan fingerprint density at radius 3 is 2.87 bits per heavy atom. The van der Waals surface area contributed by atoms with Crippen molar-refractivity contribution in [3.8, 4) is 0 Å². The Balaban J connectivity index is 1.76. The predicted molar refractivity (Wildman–Crippen MR) is 85.4 cm³/mol. The predicted octanol–water partition coefficient (Wildman–Crippen LogP) is 1.51. The topological polar surface area (TPSA) is 78.5 Å². The number of nitrogens with zero attached hydrogens (tertiary/aromatic N) is 2. The lowest BCUT2D eigenvalue weighted by atomic mass is 9.93. The largest absolute Gasteiger partial charge is 0.393 e. The first kappa shape index (κ1) is 16.0. The number of benzene rings is 1. The van der Waals surface area contributed by atoms with Gasteiger partial charge in [0.05, 0.1) is 32.3 Å². The molecule has 0 radical (unpaired) electrons. The lowest BCUT2D eigenvalue weighted by Crippen LogP contribution is -2.56. The summed E-state index contributed by atoms with van der Waals surface area (Å²) < 4.78 is 5.84. The first-order valence-electron chi connectivity index (χ1n) is 7.39. The molecule has 1 aliphatic heterocycles. The van der Waals surface area contributed by atoms with E-state index in [0.29, 0.717) is 36.8 Å². The molecule has 23 heavy (non-hydrogen) atoms. The number of hydrogen-bond donors (Lipinski definition) is 2. The molecule has 2 N–H and O–H groups in total. The van der Waals surface area contributed by atoms with Gasteiger partial charge in [0.25, 0.3) is 5.91 Å². The van der Waals surface area contributed by atoms with Gasteiger partial charge in [-0.3, -0.25) is 4.79 Å². The van der Waals surface area contributed by atoms with Gasteiger partial charge in [-0.15, -0.1) is 0 Å². The smallest absolute Gasteiger partial charge is 0.272 e. The van der Waals surface area contributed by atoms with Crippen LogP contribution in [0.25, 0.3) is 0 Å². The number of morpholine rings is 1. The molecule has 2 heterocycles. The minimum atomic E-state index is -0.804. The summed E-state index contributed by atoms with van der Waals surface area (Å²) in [5.74, 6) is -0.139. The molecule has 0 aliphatic carbocycles. The number of ether oxygens (including phenoxy) is 1. The van der Waals surface area contributed by atoms with E-state index in [9.17, 15) is 9.90 Å². The second-order valence-electron chi connectivity index (χ2n) is 5.68. The molecule has 1 aromatic carbocycles. The second-order valence-corrected chi connectivity index (χ2v) is 6.12. The molecule has 0 saturated carbocycles. The summed E-state index contributed by atoms with van der Waals surface area (Å²) in [4.78, 5) is 20.8. The first-order valence-corrected chi connectivity index (χ1v) is 7.77. The number of rotatable bonds is 4. The maximum absolute atomic E-state index is 12.5. The summed E-state index contributed by atoms with van der Waals surface area (Å²) in [5, 5.41) is 10.5. The van der Waals surface area contributed by atoms with Crippen LogP contribution in [0.3, 0.4) is 0 Å². The Morgan fingerprint density at radius 1 is 1.43 bits per heavy atom. The van der Waals surface area contributed by atoms with E-state index in [2.05, 4.69) is 9.97 Å². The number of aromatic nitrogens is 2. The standard InChI is InChI=1S/C16H18ClN3O3/c17-13-3-1-12(2-4-13)7-16(10-21)9-20(5-6-23-16)15(22)14-8-18-11-19-14/h1-4,8,11,21H,5-7,9-10H2,(H,18,19)/t16-/m0/s1. The van der Waals surface area contributed by atoms with Crippen LogP contribution in [0.4, 0.5) is 0 Å².